The second-order valence-electron chi connectivity index (χ2n) is 9.19. The minimum Gasteiger partial charge on any atom is -0.378 e. The number of hydrogen-bond acceptors (Lipinski definition) is 6. The van der Waals surface area contributed by atoms with Gasteiger partial charge in [0.2, 0.25) is 5.95 Å². The molecular formula is C24H28ClN5O. The number of aliphatic hydroxyl groups is 1. The number of hydrogen-bond donors (Lipinski definition) is 2. The largest absolute Gasteiger partial charge is 0.378 e. The van der Waals surface area contributed by atoms with Gasteiger partial charge in [0, 0.05) is 36.8 Å². The van der Waals surface area contributed by atoms with E-state index in [1.54, 1.807) is 13.2 Å². The molecule has 2 fully saturated rings. The van der Waals surface area contributed by atoms with Crippen LogP contribution in [0.15, 0.2) is 24.4 Å². The molecule has 162 valence electrons. The summed E-state index contributed by atoms with van der Waals surface area (Å²) in [6.07, 6.45) is 6.35. The summed E-state index contributed by atoms with van der Waals surface area (Å²) >= 11 is 6.56. The van der Waals surface area contributed by atoms with E-state index in [1.165, 1.54) is 5.56 Å². The Morgan fingerprint density at radius 3 is 2.71 bits per heavy atom. The Balaban J connectivity index is 1.59. The molecule has 1 aliphatic carbocycles. The molecule has 31 heavy (non-hydrogen) atoms. The third kappa shape index (κ3) is 3.65. The summed E-state index contributed by atoms with van der Waals surface area (Å²) in [7, 11) is 3.98. The summed E-state index contributed by atoms with van der Waals surface area (Å²) in [6, 6.07) is 6.44. The molecule has 6 nitrogen and oxygen atoms in total. The highest BCUT2D eigenvalue weighted by Crippen LogP contribution is 2.49. The van der Waals surface area contributed by atoms with Gasteiger partial charge in [-0.1, -0.05) is 29.5 Å². The predicted octanol–water partition coefficient (Wildman–Crippen LogP) is 3.55. The third-order valence-electron chi connectivity index (χ3n) is 6.94. The standard InChI is InChI=1S/C24H28ClN5O/c1-26-22-27-14-19(25)21(28-22)30-16-23(11-12-29(2)15-23)18-6-5-17(13-20(18)30)7-10-24(31)8-3-4-9-24/h5-6,13-14,31H,3-4,8-9,11-12,15-16H2,1-2H3,(H,26,27,28). The van der Waals surface area contributed by atoms with Gasteiger partial charge in [-0.25, -0.2) is 4.98 Å². The summed E-state index contributed by atoms with van der Waals surface area (Å²) in [6.45, 7) is 2.90. The number of rotatable bonds is 2. The van der Waals surface area contributed by atoms with Gasteiger partial charge in [-0.05, 0) is 63.4 Å². The number of halogens is 1. The first-order valence-corrected chi connectivity index (χ1v) is 11.4. The highest BCUT2D eigenvalue weighted by molar-refractivity contribution is 6.33. The Hall–Kier alpha value is -2.33. The first-order valence-electron chi connectivity index (χ1n) is 11.0. The van der Waals surface area contributed by atoms with Gasteiger partial charge < -0.3 is 20.2 Å². The number of likely N-dealkylation sites (tertiary alicyclic amines) is 1. The van der Waals surface area contributed by atoms with Crippen LogP contribution in [0.3, 0.4) is 0 Å². The number of aromatic nitrogens is 2. The number of nitrogens with one attached hydrogen (secondary N) is 1. The van der Waals surface area contributed by atoms with Crippen LogP contribution in [-0.4, -0.2) is 59.3 Å². The van der Waals surface area contributed by atoms with Gasteiger partial charge in [0.15, 0.2) is 5.82 Å². The van der Waals surface area contributed by atoms with Crippen LogP contribution in [0.1, 0.15) is 43.2 Å². The highest BCUT2D eigenvalue weighted by atomic mass is 35.5. The summed E-state index contributed by atoms with van der Waals surface area (Å²) < 4.78 is 0. The zero-order chi connectivity index (χ0) is 21.6. The van der Waals surface area contributed by atoms with Crippen LogP contribution in [0.25, 0.3) is 0 Å². The highest BCUT2D eigenvalue weighted by Gasteiger charge is 2.47. The second-order valence-corrected chi connectivity index (χ2v) is 9.60. The molecule has 5 rings (SSSR count). The van der Waals surface area contributed by atoms with Crippen molar-refractivity contribution in [3.05, 3.63) is 40.5 Å². The van der Waals surface area contributed by atoms with Crippen LogP contribution in [0, 0.1) is 11.8 Å². The van der Waals surface area contributed by atoms with Gasteiger partial charge in [0.1, 0.15) is 10.6 Å². The smallest absolute Gasteiger partial charge is 0.224 e. The molecule has 0 bridgehead atoms. The second kappa shape index (κ2) is 7.67. The van der Waals surface area contributed by atoms with Crippen molar-refractivity contribution >= 4 is 29.1 Å². The Bertz CT molecular complexity index is 1070. The number of likely N-dealkylation sites (N-methyl/N-ethyl adjacent to an activating group) is 1. The quantitative estimate of drug-likeness (QED) is 0.700. The maximum atomic E-state index is 10.6. The van der Waals surface area contributed by atoms with E-state index >= 15 is 0 Å². The van der Waals surface area contributed by atoms with Crippen molar-refractivity contribution in [3.8, 4) is 11.8 Å². The van der Waals surface area contributed by atoms with Crippen molar-refractivity contribution in [1.82, 2.24) is 14.9 Å². The molecule has 1 saturated heterocycles. The van der Waals surface area contributed by atoms with Crippen LogP contribution in [0.2, 0.25) is 5.02 Å². The molecule has 1 unspecified atom stereocenters. The molecule has 7 heteroatoms. The van der Waals surface area contributed by atoms with E-state index in [-0.39, 0.29) is 5.41 Å². The Morgan fingerprint density at radius 1 is 1.19 bits per heavy atom. The molecule has 1 aromatic carbocycles. The van der Waals surface area contributed by atoms with E-state index in [1.807, 2.05) is 0 Å². The van der Waals surface area contributed by atoms with Gasteiger partial charge >= 0.3 is 0 Å². The normalized spacial score (nSPS) is 24.3. The van der Waals surface area contributed by atoms with Crippen molar-refractivity contribution in [2.45, 2.75) is 43.1 Å². The summed E-state index contributed by atoms with van der Waals surface area (Å²) in [5.41, 5.74) is 2.54. The molecule has 3 aliphatic rings. The van der Waals surface area contributed by atoms with E-state index in [0.717, 1.165) is 63.0 Å². The minimum absolute atomic E-state index is 0.0494. The molecule has 2 aromatic rings. The lowest BCUT2D eigenvalue weighted by Gasteiger charge is -2.25. The van der Waals surface area contributed by atoms with E-state index in [2.05, 4.69) is 62.2 Å². The van der Waals surface area contributed by atoms with Crippen LogP contribution in [-0.2, 0) is 5.41 Å². The average molecular weight is 438 g/mol. The summed E-state index contributed by atoms with van der Waals surface area (Å²) in [5.74, 6) is 7.64. The van der Waals surface area contributed by atoms with Gasteiger partial charge in [-0.15, -0.1) is 0 Å². The zero-order valence-electron chi connectivity index (χ0n) is 18.1. The lowest BCUT2D eigenvalue weighted by molar-refractivity contribution is 0.110. The summed E-state index contributed by atoms with van der Waals surface area (Å²) in [5, 5.41) is 14.2. The lowest BCUT2D eigenvalue weighted by atomic mass is 9.81. The van der Waals surface area contributed by atoms with Gasteiger partial charge in [0.25, 0.3) is 0 Å². The molecule has 3 heterocycles. The van der Waals surface area contributed by atoms with Crippen LogP contribution < -0.4 is 10.2 Å². The predicted molar refractivity (Wildman–Crippen MR) is 124 cm³/mol. The monoisotopic (exact) mass is 437 g/mol. The topological polar surface area (TPSA) is 64.5 Å². The molecule has 1 spiro atoms. The van der Waals surface area contributed by atoms with Gasteiger partial charge in [-0.2, -0.15) is 4.98 Å². The number of fused-ring (bicyclic) bond motifs is 2. The fourth-order valence-corrected chi connectivity index (χ4v) is 5.51. The molecule has 2 aliphatic heterocycles. The fourth-order valence-electron chi connectivity index (χ4n) is 5.31. The van der Waals surface area contributed by atoms with Gasteiger partial charge in [-0.3, -0.25) is 0 Å². The van der Waals surface area contributed by atoms with Crippen molar-refractivity contribution in [1.29, 1.82) is 0 Å². The maximum absolute atomic E-state index is 10.6. The molecule has 0 amide bonds. The van der Waals surface area contributed by atoms with Crippen LogP contribution in [0.4, 0.5) is 17.5 Å². The third-order valence-corrected chi connectivity index (χ3v) is 7.21. The number of benzene rings is 1. The Labute approximate surface area is 188 Å². The molecular weight excluding hydrogens is 410 g/mol. The van der Waals surface area contributed by atoms with Crippen molar-refractivity contribution in [3.63, 3.8) is 0 Å². The van der Waals surface area contributed by atoms with E-state index in [4.69, 9.17) is 11.6 Å². The van der Waals surface area contributed by atoms with Crippen LogP contribution >= 0.6 is 11.6 Å². The molecule has 1 aromatic heterocycles. The molecule has 2 N–H and O–H groups in total. The van der Waals surface area contributed by atoms with E-state index < -0.39 is 5.60 Å². The van der Waals surface area contributed by atoms with Crippen molar-refractivity contribution in [2.75, 3.05) is 43.9 Å². The molecule has 1 atom stereocenters. The van der Waals surface area contributed by atoms with E-state index in [0.29, 0.717) is 16.8 Å². The van der Waals surface area contributed by atoms with Gasteiger partial charge in [0.05, 0.1) is 6.20 Å². The number of anilines is 3. The number of nitrogens with zero attached hydrogens (tertiary/aromatic N) is 4. The Morgan fingerprint density at radius 2 is 2.00 bits per heavy atom. The maximum Gasteiger partial charge on any atom is 0.224 e. The van der Waals surface area contributed by atoms with Crippen LogP contribution in [0.5, 0.6) is 0 Å². The first-order chi connectivity index (χ1) is 14.9. The lowest BCUT2D eigenvalue weighted by Crippen LogP contribution is -2.34. The average Bonchev–Trinajstić information content (AvgIpc) is 3.45. The Kier molecular flexibility index (Phi) is 5.09. The minimum atomic E-state index is -0.842. The first kappa shape index (κ1) is 20.6. The fraction of sp³-hybridized carbons (Fsp3) is 0.500. The zero-order valence-corrected chi connectivity index (χ0v) is 18.8. The molecule has 1 saturated carbocycles. The van der Waals surface area contributed by atoms with Crippen molar-refractivity contribution < 1.29 is 5.11 Å². The SMILES string of the molecule is CNc1ncc(Cl)c(N2CC3(CCN(C)C3)c3ccc(C#CC4(O)CCCC4)cc32)n1. The molecule has 0 radical (unpaired) electrons. The van der Waals surface area contributed by atoms with E-state index in [9.17, 15) is 5.11 Å². The van der Waals surface area contributed by atoms with Crippen molar-refractivity contribution in [2.24, 2.45) is 0 Å². The summed E-state index contributed by atoms with van der Waals surface area (Å²) in [4.78, 5) is 13.5.